The van der Waals surface area contributed by atoms with Crippen LogP contribution in [0.1, 0.15) is 59.1 Å². The predicted molar refractivity (Wildman–Crippen MR) is 202 cm³/mol. The van der Waals surface area contributed by atoms with Gasteiger partial charge in [-0.25, -0.2) is 14.6 Å². The van der Waals surface area contributed by atoms with Crippen LogP contribution in [0.15, 0.2) is 72.8 Å². The molecule has 0 aliphatic heterocycles. The summed E-state index contributed by atoms with van der Waals surface area (Å²) in [6.07, 6.45) is -2.68. The number of alkyl carbamates (subject to hydrolysis) is 1. The molecule has 0 saturated heterocycles. The number of rotatable bonds is 15. The molecule has 0 fully saturated rings. The second kappa shape index (κ2) is 18.5. The van der Waals surface area contributed by atoms with E-state index in [-0.39, 0.29) is 12.8 Å². The van der Waals surface area contributed by atoms with Crippen molar-refractivity contribution in [3.05, 3.63) is 83.9 Å². The number of pyridine rings is 1. The Labute approximate surface area is 312 Å². The number of aromatic nitrogens is 1. The number of carbonyl (C=O) groups is 4. The van der Waals surface area contributed by atoms with Crippen molar-refractivity contribution in [2.24, 2.45) is 10.8 Å². The highest BCUT2D eigenvalue weighted by molar-refractivity contribution is 5.87. The molecule has 4 unspecified atom stereocenters. The minimum absolute atomic E-state index is 0.00670. The molecule has 53 heavy (non-hydrogen) atoms. The number of likely N-dealkylation sites (N-methyl/N-ethyl adjacent to an activating group) is 1. The van der Waals surface area contributed by atoms with Crippen LogP contribution >= 0.6 is 0 Å². The number of hydrogen-bond acceptors (Lipinski definition) is 8. The minimum Gasteiger partial charge on any atom is -0.481 e. The number of carbonyl (C=O) groups excluding carboxylic acids is 3. The smallest absolute Gasteiger partial charge is 0.407 e. The molecule has 3 rings (SSSR count). The summed E-state index contributed by atoms with van der Waals surface area (Å²) < 4.78 is 10.1. The summed E-state index contributed by atoms with van der Waals surface area (Å²) in [7, 11) is 4.11. The number of benzene rings is 2. The van der Waals surface area contributed by atoms with Crippen molar-refractivity contribution in [3.63, 3.8) is 0 Å². The molecule has 5 atom stereocenters. The third kappa shape index (κ3) is 12.5. The predicted octanol–water partition coefficient (Wildman–Crippen LogP) is 5.06. The van der Waals surface area contributed by atoms with E-state index in [1.54, 1.807) is 33.9 Å². The van der Waals surface area contributed by atoms with E-state index in [0.29, 0.717) is 12.3 Å². The molecule has 288 valence electrons. The fourth-order valence-corrected chi connectivity index (χ4v) is 6.24. The van der Waals surface area contributed by atoms with Gasteiger partial charge in [-0.3, -0.25) is 14.5 Å². The molecule has 1 heterocycles. The first kappa shape index (κ1) is 42.2. The second-order valence-electron chi connectivity index (χ2n) is 15.4. The number of methoxy groups -OCH3 is 2. The Kier molecular flexibility index (Phi) is 14.8. The maximum Gasteiger partial charge on any atom is 0.407 e. The summed E-state index contributed by atoms with van der Waals surface area (Å²) in [5.41, 5.74) is 1.80. The van der Waals surface area contributed by atoms with Gasteiger partial charge in [-0.15, -0.1) is 0 Å². The number of nitrogens with zero attached hydrogens (tertiary/aromatic N) is 2. The Morgan fingerprint density at radius 2 is 1.40 bits per heavy atom. The lowest BCUT2D eigenvalue weighted by Crippen LogP contribution is -2.59. The summed E-state index contributed by atoms with van der Waals surface area (Å²) in [5, 5.41) is 30.3. The maximum absolute atomic E-state index is 13.9. The van der Waals surface area contributed by atoms with Gasteiger partial charge in [0.25, 0.3) is 0 Å². The van der Waals surface area contributed by atoms with Crippen LogP contribution in [0.4, 0.5) is 9.59 Å². The third-order valence-electron chi connectivity index (χ3n) is 8.96. The highest BCUT2D eigenvalue weighted by atomic mass is 16.5. The fourth-order valence-electron chi connectivity index (χ4n) is 6.24. The van der Waals surface area contributed by atoms with Gasteiger partial charge in [-0.1, -0.05) is 102 Å². The Bertz CT molecular complexity index is 1670. The van der Waals surface area contributed by atoms with E-state index < -0.39 is 65.1 Å². The lowest BCUT2D eigenvalue weighted by Gasteiger charge is -2.37. The van der Waals surface area contributed by atoms with Gasteiger partial charge >= 0.3 is 12.2 Å². The van der Waals surface area contributed by atoms with Crippen molar-refractivity contribution >= 4 is 24.0 Å². The topological polar surface area (TPSA) is 179 Å². The summed E-state index contributed by atoms with van der Waals surface area (Å²) in [5.74, 6) is -0.547. The van der Waals surface area contributed by atoms with Crippen molar-refractivity contribution in [2.75, 3.05) is 21.3 Å². The molecule has 0 spiro atoms. The average Bonchev–Trinajstić information content (AvgIpc) is 3.09. The molecule has 3 aromatic rings. The first-order valence-electron chi connectivity index (χ1n) is 17.6. The Balaban J connectivity index is 1.99. The van der Waals surface area contributed by atoms with Crippen LogP contribution in [0, 0.1) is 10.8 Å². The van der Waals surface area contributed by atoms with Crippen LogP contribution in [-0.4, -0.2) is 95.6 Å². The molecule has 0 bridgehead atoms. The number of ether oxygens (including phenoxy) is 2. The van der Waals surface area contributed by atoms with Gasteiger partial charge in [-0.2, -0.15) is 0 Å². The molecule has 0 aliphatic rings. The van der Waals surface area contributed by atoms with E-state index in [1.165, 1.54) is 14.2 Å². The second-order valence-corrected chi connectivity index (χ2v) is 15.4. The van der Waals surface area contributed by atoms with Crippen molar-refractivity contribution in [2.45, 2.75) is 91.1 Å². The maximum atomic E-state index is 13.9. The molecule has 1 aromatic heterocycles. The summed E-state index contributed by atoms with van der Waals surface area (Å²) in [4.78, 5) is 57.4. The van der Waals surface area contributed by atoms with Crippen LogP contribution in [0.2, 0.25) is 0 Å². The molecule has 0 radical (unpaired) electrons. The van der Waals surface area contributed by atoms with E-state index in [0.717, 1.165) is 27.3 Å². The third-order valence-corrected chi connectivity index (χ3v) is 8.96. The number of nitrogens with one attached hydrogen (secondary N) is 3. The molecule has 13 heteroatoms. The van der Waals surface area contributed by atoms with Gasteiger partial charge in [0, 0.05) is 24.7 Å². The molecule has 5 N–H and O–H groups in total. The van der Waals surface area contributed by atoms with Crippen LogP contribution in [0.3, 0.4) is 0 Å². The summed E-state index contributed by atoms with van der Waals surface area (Å²) in [6.45, 7) is 10.8. The van der Waals surface area contributed by atoms with Gasteiger partial charge < -0.3 is 35.6 Å². The molecule has 13 nitrogen and oxygen atoms in total. The molecule has 2 aromatic carbocycles. The number of amides is 4. The Morgan fingerprint density at radius 1 is 0.774 bits per heavy atom. The standard InChI is InChI=1S/C40H55N5O8/c1-39(2,3)33(44-37(49)53-9)35(47)41-28(22-26-18-20-27(21-19-26)29-16-13-17-32(42-29)52-8)24-31(46)30(23-25-14-11-10-12-15-25)43-36(48)34(40(4,5)6)45(7)38(50)51/h10-21,28,30-31,33-34,46H,22-24H2,1-9H3,(H,41,47)(H,43,48)(H,44,49)(H,50,51)/t28?,30?,31?,33?,34-/m1/s1. The minimum atomic E-state index is -1.26. The van der Waals surface area contributed by atoms with Gasteiger partial charge in [0.2, 0.25) is 17.7 Å². The van der Waals surface area contributed by atoms with Gasteiger partial charge in [-0.05, 0) is 47.3 Å². The lowest BCUT2D eigenvalue weighted by molar-refractivity contribution is -0.131. The highest BCUT2D eigenvalue weighted by Gasteiger charge is 2.40. The molecule has 4 amide bonds. The molecule has 0 saturated carbocycles. The normalized spacial score (nSPS) is 14.5. The Hall–Kier alpha value is -5.17. The number of aliphatic hydroxyl groups is 1. The first-order chi connectivity index (χ1) is 24.8. The fraction of sp³-hybridized carbons (Fsp3) is 0.475. The van der Waals surface area contributed by atoms with Gasteiger partial charge in [0.1, 0.15) is 12.1 Å². The molecular formula is C40H55N5O8. The first-order valence-corrected chi connectivity index (χ1v) is 17.6. The van der Waals surface area contributed by atoms with Gasteiger partial charge in [0.15, 0.2) is 0 Å². The van der Waals surface area contributed by atoms with E-state index >= 15 is 0 Å². The lowest BCUT2D eigenvalue weighted by atomic mass is 9.84. The van der Waals surface area contributed by atoms with Crippen molar-refractivity contribution in [3.8, 4) is 17.1 Å². The molecular weight excluding hydrogens is 678 g/mol. The highest BCUT2D eigenvalue weighted by Crippen LogP contribution is 2.26. The number of aliphatic hydroxyl groups excluding tert-OH is 1. The van der Waals surface area contributed by atoms with Gasteiger partial charge in [0.05, 0.1) is 32.1 Å². The van der Waals surface area contributed by atoms with Crippen molar-refractivity contribution in [1.29, 1.82) is 0 Å². The van der Waals surface area contributed by atoms with Crippen LogP contribution in [0.5, 0.6) is 5.88 Å². The van der Waals surface area contributed by atoms with E-state index in [4.69, 9.17) is 9.47 Å². The molecule has 0 aliphatic carbocycles. The number of hydrogen-bond donors (Lipinski definition) is 5. The largest absolute Gasteiger partial charge is 0.481 e. The summed E-state index contributed by atoms with van der Waals surface area (Å²) >= 11 is 0. The zero-order valence-corrected chi connectivity index (χ0v) is 32.2. The zero-order chi connectivity index (χ0) is 39.5. The number of carboxylic acid groups (broad SMARTS) is 1. The van der Waals surface area contributed by atoms with Crippen LogP contribution in [0.25, 0.3) is 11.3 Å². The van der Waals surface area contributed by atoms with Crippen molar-refractivity contribution < 1.29 is 38.9 Å². The van der Waals surface area contributed by atoms with Crippen LogP contribution in [-0.2, 0) is 27.2 Å². The van der Waals surface area contributed by atoms with E-state index in [9.17, 15) is 29.4 Å². The average molecular weight is 734 g/mol. The monoisotopic (exact) mass is 733 g/mol. The quantitative estimate of drug-likeness (QED) is 0.143. The Morgan fingerprint density at radius 3 is 1.94 bits per heavy atom. The zero-order valence-electron chi connectivity index (χ0n) is 32.2. The van der Waals surface area contributed by atoms with Crippen LogP contribution < -0.4 is 20.7 Å². The van der Waals surface area contributed by atoms with E-state index in [2.05, 4.69) is 20.9 Å². The SMILES string of the molecule is COC(=O)NC(C(=O)NC(Cc1ccc(-c2cccc(OC)n2)cc1)CC(O)C(Cc1ccccc1)NC(=O)[C@@H](N(C)C(=O)O)C(C)(C)C)C(C)(C)C. The van der Waals surface area contributed by atoms with Crippen molar-refractivity contribution in [1.82, 2.24) is 25.8 Å². The summed E-state index contributed by atoms with van der Waals surface area (Å²) in [6, 6.07) is 18.9. The van der Waals surface area contributed by atoms with E-state index in [1.807, 2.05) is 87.5 Å².